The number of amides is 1. The first-order valence-electron chi connectivity index (χ1n) is 3.90. The number of anilines is 1. The summed E-state index contributed by atoms with van der Waals surface area (Å²) in [5.74, 6) is -0.506. The molecule has 5 nitrogen and oxygen atoms in total. The zero-order valence-corrected chi connectivity index (χ0v) is 6.83. The minimum Gasteiger partial charge on any atom is -0.606 e. The molecule has 1 atom stereocenters. The molecule has 1 aromatic carbocycles. The molecule has 0 aliphatic carbocycles. The minimum atomic E-state index is -0.557. The standard InChI is InChI=1S/C8H9N3O2/c9-7-3-1-2-5-6(7)4-10-11(13)8(5)12/h1-3,10-11H,4,9H2. The van der Waals surface area contributed by atoms with Crippen LogP contribution in [0.25, 0.3) is 0 Å². The molecule has 0 radical (unpaired) electrons. The number of benzene rings is 1. The molecule has 0 spiro atoms. The molecule has 0 fully saturated rings. The molecule has 5 heteroatoms. The Balaban J connectivity index is 2.55. The number of nitrogens with one attached hydrogen (secondary N) is 2. The number of hydrogen-bond acceptors (Lipinski definition) is 4. The van der Waals surface area contributed by atoms with Crippen LogP contribution in [0.5, 0.6) is 0 Å². The summed E-state index contributed by atoms with van der Waals surface area (Å²) in [5, 5.41) is 10.4. The molecule has 13 heavy (non-hydrogen) atoms. The molecule has 0 aromatic heterocycles. The van der Waals surface area contributed by atoms with Crippen molar-refractivity contribution in [2.75, 3.05) is 5.73 Å². The van der Waals surface area contributed by atoms with Crippen LogP contribution >= 0.6 is 0 Å². The van der Waals surface area contributed by atoms with Crippen LogP contribution in [0.3, 0.4) is 0 Å². The normalized spacial score (nSPS) is 21.3. The summed E-state index contributed by atoms with van der Waals surface area (Å²) in [6, 6.07) is 5.00. The second-order valence-electron chi connectivity index (χ2n) is 2.89. The Morgan fingerprint density at radius 3 is 3.08 bits per heavy atom. The topological polar surface area (TPSA) is 82.6 Å². The third kappa shape index (κ3) is 1.19. The van der Waals surface area contributed by atoms with Crippen LogP contribution in [-0.4, -0.2) is 5.91 Å². The first-order valence-corrected chi connectivity index (χ1v) is 3.90. The Morgan fingerprint density at radius 1 is 1.54 bits per heavy atom. The first kappa shape index (κ1) is 8.18. The van der Waals surface area contributed by atoms with Gasteiger partial charge < -0.3 is 10.9 Å². The lowest BCUT2D eigenvalue weighted by Crippen LogP contribution is -3.17. The fraction of sp³-hybridized carbons (Fsp3) is 0.125. The van der Waals surface area contributed by atoms with Gasteiger partial charge in [-0.15, -0.1) is 0 Å². The summed E-state index contributed by atoms with van der Waals surface area (Å²) in [5.41, 5.74) is 9.79. The number of rotatable bonds is 0. The van der Waals surface area contributed by atoms with E-state index in [1.807, 2.05) is 0 Å². The van der Waals surface area contributed by atoms with E-state index in [0.29, 0.717) is 23.4 Å². The number of nitrogens with two attached hydrogens (primary N) is 1. The van der Waals surface area contributed by atoms with Gasteiger partial charge in [0.25, 0.3) is 0 Å². The van der Waals surface area contributed by atoms with Crippen molar-refractivity contribution >= 4 is 11.6 Å². The highest BCUT2D eigenvalue weighted by molar-refractivity contribution is 5.91. The Morgan fingerprint density at radius 2 is 2.31 bits per heavy atom. The number of nitrogen functional groups attached to an aromatic ring is 1. The van der Waals surface area contributed by atoms with E-state index in [1.54, 1.807) is 18.2 Å². The summed E-state index contributed by atoms with van der Waals surface area (Å²) < 4.78 is 0. The first-order chi connectivity index (χ1) is 6.20. The van der Waals surface area contributed by atoms with Gasteiger partial charge in [-0.3, -0.25) is 0 Å². The Hall–Kier alpha value is -1.43. The van der Waals surface area contributed by atoms with Crippen molar-refractivity contribution in [2.24, 2.45) is 0 Å². The molecule has 1 aliphatic rings. The molecule has 2 rings (SSSR count). The van der Waals surface area contributed by atoms with E-state index in [-0.39, 0.29) is 0 Å². The highest BCUT2D eigenvalue weighted by atomic mass is 16.6. The highest BCUT2D eigenvalue weighted by Gasteiger charge is 2.25. The highest BCUT2D eigenvalue weighted by Crippen LogP contribution is 2.17. The van der Waals surface area contributed by atoms with Crippen molar-refractivity contribution in [1.82, 2.24) is 5.43 Å². The van der Waals surface area contributed by atoms with E-state index in [9.17, 15) is 10.0 Å². The number of hydrogen-bond donors (Lipinski definition) is 3. The van der Waals surface area contributed by atoms with Gasteiger partial charge in [0.1, 0.15) is 0 Å². The molecular formula is C8H9N3O2. The molecule has 1 amide bonds. The van der Waals surface area contributed by atoms with Gasteiger partial charge in [0.2, 0.25) is 0 Å². The van der Waals surface area contributed by atoms with Gasteiger partial charge in [-0.25, -0.2) is 9.97 Å². The molecule has 0 saturated heterocycles. The molecule has 1 heterocycles. The van der Waals surface area contributed by atoms with Gasteiger partial charge in [0.15, 0.2) is 0 Å². The Labute approximate surface area is 74.7 Å². The van der Waals surface area contributed by atoms with Crippen molar-refractivity contribution in [2.45, 2.75) is 6.54 Å². The lowest BCUT2D eigenvalue weighted by Gasteiger charge is -2.26. The zero-order valence-electron chi connectivity index (χ0n) is 6.83. The maximum Gasteiger partial charge on any atom is 0.363 e. The maximum atomic E-state index is 11.3. The van der Waals surface area contributed by atoms with E-state index in [1.165, 1.54) is 0 Å². The second kappa shape index (κ2) is 2.81. The summed E-state index contributed by atoms with van der Waals surface area (Å²) in [4.78, 5) is 11.3. The average Bonchev–Trinajstić information content (AvgIpc) is 2.12. The SMILES string of the molecule is Nc1cccc2c1CN[NH+]([O-])C2=O. The lowest BCUT2D eigenvalue weighted by atomic mass is 10.0. The van der Waals surface area contributed by atoms with Crippen molar-refractivity contribution in [3.8, 4) is 0 Å². The third-order valence-corrected chi connectivity index (χ3v) is 2.09. The number of hydroxylamine groups is 1. The summed E-state index contributed by atoms with van der Waals surface area (Å²) in [6.45, 7) is 0.340. The van der Waals surface area contributed by atoms with Crippen molar-refractivity contribution in [3.63, 3.8) is 0 Å². The number of quaternary nitrogens is 1. The van der Waals surface area contributed by atoms with E-state index in [2.05, 4.69) is 5.43 Å². The van der Waals surface area contributed by atoms with E-state index in [4.69, 9.17) is 5.73 Å². The van der Waals surface area contributed by atoms with E-state index >= 15 is 0 Å². The summed E-state index contributed by atoms with van der Waals surface area (Å²) in [7, 11) is 0. The molecule has 68 valence electrons. The molecule has 1 aromatic rings. The van der Waals surface area contributed by atoms with Crippen molar-refractivity contribution in [3.05, 3.63) is 34.5 Å². The van der Waals surface area contributed by atoms with Crippen molar-refractivity contribution < 1.29 is 9.97 Å². The Bertz CT molecular complexity index is 364. The summed E-state index contributed by atoms with van der Waals surface area (Å²) in [6.07, 6.45) is 0. The molecule has 1 unspecified atom stereocenters. The van der Waals surface area contributed by atoms with Gasteiger partial charge in [-0.2, -0.15) is 5.43 Å². The van der Waals surface area contributed by atoms with Crippen molar-refractivity contribution in [1.29, 1.82) is 0 Å². The van der Waals surface area contributed by atoms with Crippen LogP contribution in [-0.2, 0) is 6.54 Å². The Kier molecular flexibility index (Phi) is 1.77. The van der Waals surface area contributed by atoms with Crippen LogP contribution < -0.4 is 16.3 Å². The van der Waals surface area contributed by atoms with E-state index in [0.717, 1.165) is 0 Å². The molecule has 4 N–H and O–H groups in total. The largest absolute Gasteiger partial charge is 0.606 e. The third-order valence-electron chi connectivity index (χ3n) is 2.09. The minimum absolute atomic E-state index is 0.340. The average molecular weight is 179 g/mol. The predicted molar refractivity (Wildman–Crippen MR) is 46.4 cm³/mol. The van der Waals surface area contributed by atoms with Gasteiger partial charge in [0, 0.05) is 11.3 Å². The maximum absolute atomic E-state index is 11.3. The van der Waals surface area contributed by atoms with Gasteiger partial charge in [0.05, 0.1) is 12.1 Å². The number of carbonyl (C=O) groups excluding carboxylic acids is 1. The zero-order chi connectivity index (χ0) is 9.42. The fourth-order valence-corrected chi connectivity index (χ4v) is 1.39. The molecular weight excluding hydrogens is 170 g/mol. The fourth-order valence-electron chi connectivity index (χ4n) is 1.39. The van der Waals surface area contributed by atoms with Crippen LogP contribution in [0.2, 0.25) is 0 Å². The van der Waals surface area contributed by atoms with Gasteiger partial charge >= 0.3 is 5.91 Å². The quantitative estimate of drug-likeness (QED) is 0.345. The van der Waals surface area contributed by atoms with Crippen LogP contribution in [0.1, 0.15) is 15.9 Å². The molecule has 1 aliphatic heterocycles. The lowest BCUT2D eigenvalue weighted by molar-refractivity contribution is -0.814. The van der Waals surface area contributed by atoms with E-state index < -0.39 is 11.1 Å². The van der Waals surface area contributed by atoms with Gasteiger partial charge in [-0.05, 0) is 12.1 Å². The van der Waals surface area contributed by atoms with Crippen LogP contribution in [0.4, 0.5) is 5.69 Å². The number of fused-ring (bicyclic) bond motifs is 1. The van der Waals surface area contributed by atoms with Gasteiger partial charge in [-0.1, -0.05) is 6.07 Å². The number of carbonyl (C=O) groups is 1. The van der Waals surface area contributed by atoms with Crippen LogP contribution in [0, 0.1) is 5.21 Å². The summed E-state index contributed by atoms with van der Waals surface area (Å²) >= 11 is 0. The second-order valence-corrected chi connectivity index (χ2v) is 2.89. The monoisotopic (exact) mass is 179 g/mol. The molecule has 0 bridgehead atoms. The molecule has 0 saturated carbocycles. The predicted octanol–water partition coefficient (Wildman–Crippen LogP) is -1.19. The smallest absolute Gasteiger partial charge is 0.363 e. The van der Waals surface area contributed by atoms with Crippen LogP contribution in [0.15, 0.2) is 18.2 Å².